The number of carboxylic acid groups (broad SMARTS) is 1. The van der Waals surface area contributed by atoms with E-state index in [1.807, 2.05) is 30.3 Å². The number of hydrogen-bond donors (Lipinski definition) is 3. The third kappa shape index (κ3) is 4.26. The molecule has 126 valence electrons. The zero-order valence-electron chi connectivity index (χ0n) is 13.6. The molecular formula is C19H23N3O2. The highest BCUT2D eigenvalue weighted by molar-refractivity contribution is 5.70. The molecule has 0 radical (unpaired) electrons. The second kappa shape index (κ2) is 7.84. The Morgan fingerprint density at radius 1 is 1.04 bits per heavy atom. The molecule has 0 atom stereocenters. The van der Waals surface area contributed by atoms with Crippen molar-refractivity contribution < 1.29 is 9.90 Å². The van der Waals surface area contributed by atoms with Gasteiger partial charge in [-0.1, -0.05) is 30.3 Å². The highest BCUT2D eigenvalue weighted by atomic mass is 16.4. The van der Waals surface area contributed by atoms with E-state index in [2.05, 4.69) is 40.0 Å². The lowest BCUT2D eigenvalue weighted by atomic mass is 9.96. The van der Waals surface area contributed by atoms with Gasteiger partial charge in [0, 0.05) is 31.0 Å². The summed E-state index contributed by atoms with van der Waals surface area (Å²) in [7, 11) is 0. The SMILES string of the molecule is O=C(O)C1CCN(c2ccc(CNNc3ccccc3)cc2)CC1. The molecule has 0 unspecified atom stereocenters. The minimum Gasteiger partial charge on any atom is -0.481 e. The van der Waals surface area contributed by atoms with Crippen LogP contribution in [0.3, 0.4) is 0 Å². The zero-order valence-corrected chi connectivity index (χ0v) is 13.6. The minimum atomic E-state index is -0.665. The van der Waals surface area contributed by atoms with E-state index in [4.69, 9.17) is 5.11 Å². The summed E-state index contributed by atoms with van der Waals surface area (Å²) in [5.41, 5.74) is 9.78. The number of carbonyl (C=O) groups is 1. The number of rotatable bonds is 6. The molecule has 5 heteroatoms. The number of aliphatic carboxylic acids is 1. The van der Waals surface area contributed by atoms with Crippen molar-refractivity contribution in [3.63, 3.8) is 0 Å². The van der Waals surface area contributed by atoms with Crippen LogP contribution in [0.2, 0.25) is 0 Å². The van der Waals surface area contributed by atoms with Crippen molar-refractivity contribution in [1.82, 2.24) is 5.43 Å². The van der Waals surface area contributed by atoms with E-state index in [-0.39, 0.29) is 5.92 Å². The van der Waals surface area contributed by atoms with Crippen molar-refractivity contribution in [1.29, 1.82) is 0 Å². The molecule has 0 spiro atoms. The van der Waals surface area contributed by atoms with Gasteiger partial charge in [0.25, 0.3) is 0 Å². The maximum absolute atomic E-state index is 11.0. The van der Waals surface area contributed by atoms with Crippen LogP contribution < -0.4 is 15.8 Å². The van der Waals surface area contributed by atoms with Crippen molar-refractivity contribution >= 4 is 17.3 Å². The molecule has 0 aliphatic carbocycles. The lowest BCUT2D eigenvalue weighted by Crippen LogP contribution is -2.36. The minimum absolute atomic E-state index is 0.186. The highest BCUT2D eigenvalue weighted by Gasteiger charge is 2.24. The molecule has 0 saturated carbocycles. The van der Waals surface area contributed by atoms with Crippen molar-refractivity contribution in [3.8, 4) is 0 Å². The van der Waals surface area contributed by atoms with E-state index in [9.17, 15) is 4.79 Å². The largest absolute Gasteiger partial charge is 0.481 e. The van der Waals surface area contributed by atoms with Gasteiger partial charge in [0.2, 0.25) is 0 Å². The summed E-state index contributed by atoms with van der Waals surface area (Å²) in [4.78, 5) is 13.3. The van der Waals surface area contributed by atoms with E-state index in [1.54, 1.807) is 0 Å². The Hall–Kier alpha value is -2.53. The molecule has 5 nitrogen and oxygen atoms in total. The molecule has 1 heterocycles. The van der Waals surface area contributed by atoms with Crippen LogP contribution in [0.4, 0.5) is 11.4 Å². The second-order valence-corrected chi connectivity index (χ2v) is 6.11. The molecule has 1 aliphatic heterocycles. The average Bonchev–Trinajstić information content (AvgIpc) is 2.63. The summed E-state index contributed by atoms with van der Waals surface area (Å²) >= 11 is 0. The number of nitrogens with zero attached hydrogens (tertiary/aromatic N) is 1. The molecule has 0 bridgehead atoms. The summed E-state index contributed by atoms with van der Waals surface area (Å²) in [5.74, 6) is -0.851. The molecule has 1 saturated heterocycles. The van der Waals surface area contributed by atoms with Crippen molar-refractivity contribution in [2.75, 3.05) is 23.4 Å². The van der Waals surface area contributed by atoms with Crippen LogP contribution in [-0.4, -0.2) is 24.2 Å². The zero-order chi connectivity index (χ0) is 16.8. The normalized spacial score (nSPS) is 15.2. The van der Waals surface area contributed by atoms with Gasteiger partial charge in [-0.3, -0.25) is 4.79 Å². The number of carboxylic acids is 1. The van der Waals surface area contributed by atoms with Gasteiger partial charge in [0.15, 0.2) is 0 Å². The second-order valence-electron chi connectivity index (χ2n) is 6.11. The van der Waals surface area contributed by atoms with Gasteiger partial charge in [-0.15, -0.1) is 0 Å². The van der Waals surface area contributed by atoms with Gasteiger partial charge in [-0.05, 0) is 42.7 Å². The molecule has 0 aromatic heterocycles. The highest BCUT2D eigenvalue weighted by Crippen LogP contribution is 2.23. The maximum atomic E-state index is 11.0. The lowest BCUT2D eigenvalue weighted by Gasteiger charge is -2.32. The fourth-order valence-corrected chi connectivity index (χ4v) is 2.98. The van der Waals surface area contributed by atoms with Gasteiger partial charge in [0.05, 0.1) is 5.92 Å². The van der Waals surface area contributed by atoms with E-state index < -0.39 is 5.97 Å². The van der Waals surface area contributed by atoms with E-state index in [1.165, 1.54) is 11.3 Å². The predicted molar refractivity (Wildman–Crippen MR) is 95.9 cm³/mol. The summed E-state index contributed by atoms with van der Waals surface area (Å²) < 4.78 is 0. The lowest BCUT2D eigenvalue weighted by molar-refractivity contribution is -0.142. The average molecular weight is 325 g/mol. The number of nitrogens with one attached hydrogen (secondary N) is 2. The van der Waals surface area contributed by atoms with Gasteiger partial charge in [-0.2, -0.15) is 0 Å². The number of piperidine rings is 1. The smallest absolute Gasteiger partial charge is 0.306 e. The molecular weight excluding hydrogens is 302 g/mol. The van der Waals surface area contributed by atoms with Crippen LogP contribution in [0, 0.1) is 5.92 Å². The molecule has 1 aliphatic rings. The first-order chi connectivity index (χ1) is 11.7. The molecule has 3 rings (SSSR count). The number of hydrazine groups is 1. The molecule has 24 heavy (non-hydrogen) atoms. The van der Waals surface area contributed by atoms with Crippen molar-refractivity contribution in [2.24, 2.45) is 5.92 Å². The first-order valence-electron chi connectivity index (χ1n) is 8.33. The monoisotopic (exact) mass is 325 g/mol. The Morgan fingerprint density at radius 2 is 1.71 bits per heavy atom. The molecule has 2 aromatic rings. The van der Waals surface area contributed by atoms with E-state index >= 15 is 0 Å². The number of anilines is 2. The Morgan fingerprint density at radius 3 is 2.33 bits per heavy atom. The fourth-order valence-electron chi connectivity index (χ4n) is 2.98. The quantitative estimate of drug-likeness (QED) is 0.712. The predicted octanol–water partition coefficient (Wildman–Crippen LogP) is 3.10. The first kappa shape index (κ1) is 16.3. The van der Waals surface area contributed by atoms with Crippen LogP contribution in [0.15, 0.2) is 54.6 Å². The molecule has 2 aromatic carbocycles. The molecule has 3 N–H and O–H groups in total. The van der Waals surface area contributed by atoms with Gasteiger partial charge in [0.1, 0.15) is 0 Å². The van der Waals surface area contributed by atoms with Crippen LogP contribution in [0.25, 0.3) is 0 Å². The topological polar surface area (TPSA) is 64.6 Å². The van der Waals surface area contributed by atoms with E-state index in [0.717, 1.165) is 38.2 Å². The van der Waals surface area contributed by atoms with Gasteiger partial charge >= 0.3 is 5.97 Å². The molecule has 1 fully saturated rings. The summed E-state index contributed by atoms with van der Waals surface area (Å²) in [6.07, 6.45) is 1.44. The standard InChI is InChI=1S/C19H23N3O2/c23-19(24)16-10-12-22(13-11-16)18-8-6-15(7-9-18)14-20-21-17-4-2-1-3-5-17/h1-9,16,20-21H,10-14H2,(H,23,24). The maximum Gasteiger partial charge on any atom is 0.306 e. The van der Waals surface area contributed by atoms with Crippen LogP contribution >= 0.6 is 0 Å². The first-order valence-corrected chi connectivity index (χ1v) is 8.33. The van der Waals surface area contributed by atoms with Gasteiger partial charge in [-0.25, -0.2) is 5.43 Å². The third-order valence-corrected chi connectivity index (χ3v) is 4.44. The van der Waals surface area contributed by atoms with Crippen molar-refractivity contribution in [3.05, 3.63) is 60.2 Å². The summed E-state index contributed by atoms with van der Waals surface area (Å²) in [6, 6.07) is 18.4. The van der Waals surface area contributed by atoms with Crippen LogP contribution in [0.5, 0.6) is 0 Å². The third-order valence-electron chi connectivity index (χ3n) is 4.44. The molecule has 0 amide bonds. The Bertz CT molecular complexity index is 650. The summed E-state index contributed by atoms with van der Waals surface area (Å²) in [6.45, 7) is 2.35. The number of hydrogen-bond acceptors (Lipinski definition) is 4. The van der Waals surface area contributed by atoms with Gasteiger partial charge < -0.3 is 15.4 Å². The number of benzene rings is 2. The number of para-hydroxylation sites is 1. The van der Waals surface area contributed by atoms with Crippen LogP contribution in [-0.2, 0) is 11.3 Å². The summed E-state index contributed by atoms with van der Waals surface area (Å²) in [5, 5.41) is 9.06. The fraction of sp³-hybridized carbons (Fsp3) is 0.316. The Labute approximate surface area is 142 Å². The van der Waals surface area contributed by atoms with E-state index in [0.29, 0.717) is 0 Å². The Kier molecular flexibility index (Phi) is 5.33. The Balaban J connectivity index is 1.48. The van der Waals surface area contributed by atoms with Crippen molar-refractivity contribution in [2.45, 2.75) is 19.4 Å². The van der Waals surface area contributed by atoms with Crippen LogP contribution in [0.1, 0.15) is 18.4 Å².